The van der Waals surface area contributed by atoms with Crippen LogP contribution in [0.25, 0.3) is 10.2 Å². The predicted octanol–water partition coefficient (Wildman–Crippen LogP) is 6.13. The average Bonchev–Trinajstić information content (AvgIpc) is 3.26. The van der Waals surface area contributed by atoms with Crippen molar-refractivity contribution in [2.24, 2.45) is 0 Å². The monoisotopic (exact) mass is 466 g/mol. The number of rotatable bonds is 8. The second-order valence-electron chi connectivity index (χ2n) is 7.14. The highest BCUT2D eigenvalue weighted by Gasteiger charge is 2.22. The van der Waals surface area contributed by atoms with Gasteiger partial charge in [-0.05, 0) is 42.3 Å². The highest BCUT2D eigenvalue weighted by atomic mass is 35.5. The Morgan fingerprint density at radius 3 is 2.47 bits per heavy atom. The van der Waals surface area contributed by atoms with Gasteiger partial charge in [0.25, 0.3) is 0 Å². The minimum absolute atomic E-state index is 0.0489. The quantitative estimate of drug-likeness (QED) is 0.313. The molecule has 5 nitrogen and oxygen atoms in total. The van der Waals surface area contributed by atoms with Crippen molar-refractivity contribution in [2.45, 2.75) is 19.9 Å². The van der Waals surface area contributed by atoms with Gasteiger partial charge in [0, 0.05) is 0 Å². The van der Waals surface area contributed by atoms with Crippen LogP contribution < -0.4 is 14.4 Å². The molecule has 0 radical (unpaired) electrons. The van der Waals surface area contributed by atoms with Crippen LogP contribution in [0, 0.1) is 0 Å². The van der Waals surface area contributed by atoms with Crippen LogP contribution in [-0.4, -0.2) is 24.6 Å². The van der Waals surface area contributed by atoms with Crippen molar-refractivity contribution < 1.29 is 14.3 Å². The third-order valence-electron chi connectivity index (χ3n) is 4.97. The molecular weight excluding hydrogens is 444 g/mol. The maximum absolute atomic E-state index is 13.4. The van der Waals surface area contributed by atoms with E-state index in [2.05, 4.69) is 0 Å². The number of benzene rings is 3. The van der Waals surface area contributed by atoms with Crippen molar-refractivity contribution in [1.82, 2.24) is 4.98 Å². The first-order chi connectivity index (χ1) is 15.6. The third-order valence-corrected chi connectivity index (χ3v) is 6.51. The van der Waals surface area contributed by atoms with E-state index < -0.39 is 0 Å². The molecule has 0 spiro atoms. The number of fused-ring (bicyclic) bond motifs is 1. The van der Waals surface area contributed by atoms with E-state index in [0.29, 0.717) is 34.6 Å². The summed E-state index contributed by atoms with van der Waals surface area (Å²) in [5.41, 5.74) is 2.59. The van der Waals surface area contributed by atoms with E-state index in [1.54, 1.807) is 24.1 Å². The van der Waals surface area contributed by atoms with Crippen LogP contribution in [0.3, 0.4) is 0 Å². The molecule has 164 valence electrons. The van der Waals surface area contributed by atoms with Gasteiger partial charge < -0.3 is 9.47 Å². The first-order valence-electron chi connectivity index (χ1n) is 10.3. The van der Waals surface area contributed by atoms with Crippen LogP contribution in [-0.2, 0) is 17.8 Å². The molecule has 0 bridgehead atoms. The number of aromatic nitrogens is 1. The van der Waals surface area contributed by atoms with Gasteiger partial charge in [0.1, 0.15) is 17.0 Å². The lowest BCUT2D eigenvalue weighted by atomic mass is 10.1. The number of ether oxygens (including phenoxy) is 2. The summed E-state index contributed by atoms with van der Waals surface area (Å²) >= 11 is 7.80. The Morgan fingerprint density at radius 1 is 1.03 bits per heavy atom. The van der Waals surface area contributed by atoms with Crippen LogP contribution in [0.5, 0.6) is 11.5 Å². The van der Waals surface area contributed by atoms with Crippen molar-refractivity contribution in [1.29, 1.82) is 0 Å². The van der Waals surface area contributed by atoms with Gasteiger partial charge in [0.2, 0.25) is 5.91 Å². The molecule has 4 rings (SSSR count). The number of hydrogen-bond donors (Lipinski definition) is 0. The van der Waals surface area contributed by atoms with E-state index in [0.717, 1.165) is 21.6 Å². The zero-order valence-corrected chi connectivity index (χ0v) is 19.4. The Bertz CT molecular complexity index is 1210. The predicted molar refractivity (Wildman–Crippen MR) is 130 cm³/mol. The van der Waals surface area contributed by atoms with Gasteiger partial charge in [0.15, 0.2) is 5.13 Å². The molecule has 0 aliphatic carbocycles. The zero-order chi connectivity index (χ0) is 22.5. The number of anilines is 1. The summed E-state index contributed by atoms with van der Waals surface area (Å²) in [5.74, 6) is 1.37. The lowest BCUT2D eigenvalue weighted by Crippen LogP contribution is -2.31. The van der Waals surface area contributed by atoms with Gasteiger partial charge in [0.05, 0.1) is 36.4 Å². The Morgan fingerprint density at radius 2 is 1.78 bits per heavy atom. The van der Waals surface area contributed by atoms with E-state index >= 15 is 0 Å². The molecule has 1 amide bonds. The molecule has 1 aromatic heterocycles. The first kappa shape index (κ1) is 22.1. The molecule has 0 saturated carbocycles. The van der Waals surface area contributed by atoms with E-state index in [4.69, 9.17) is 26.1 Å². The van der Waals surface area contributed by atoms with Gasteiger partial charge >= 0.3 is 0 Å². The fourth-order valence-electron chi connectivity index (χ4n) is 3.39. The molecule has 32 heavy (non-hydrogen) atoms. The Hall–Kier alpha value is -3.09. The zero-order valence-electron chi connectivity index (χ0n) is 17.9. The number of amides is 1. The lowest BCUT2D eigenvalue weighted by Gasteiger charge is -2.20. The maximum Gasteiger partial charge on any atom is 0.233 e. The van der Waals surface area contributed by atoms with E-state index in [1.807, 2.05) is 61.5 Å². The maximum atomic E-state index is 13.4. The van der Waals surface area contributed by atoms with Crippen LogP contribution in [0.1, 0.15) is 18.1 Å². The molecule has 0 aliphatic heterocycles. The molecule has 0 fully saturated rings. The van der Waals surface area contributed by atoms with Crippen molar-refractivity contribution in [2.75, 3.05) is 18.6 Å². The highest BCUT2D eigenvalue weighted by molar-refractivity contribution is 7.23. The van der Waals surface area contributed by atoms with Crippen LogP contribution in [0.2, 0.25) is 5.02 Å². The van der Waals surface area contributed by atoms with Gasteiger partial charge in [-0.2, -0.15) is 0 Å². The molecule has 0 atom stereocenters. The fourth-order valence-corrected chi connectivity index (χ4v) is 4.66. The highest BCUT2D eigenvalue weighted by Crippen LogP contribution is 2.39. The molecule has 0 unspecified atom stereocenters. The molecule has 1 heterocycles. The SMILES string of the molecule is CCOc1ccc(CC(=O)N(Cc2ccccc2)c2nc3c(OC)ccc(Cl)c3s2)cc1. The molecule has 0 saturated heterocycles. The summed E-state index contributed by atoms with van der Waals surface area (Å²) in [5, 5.41) is 1.18. The van der Waals surface area contributed by atoms with Gasteiger partial charge in [-0.15, -0.1) is 0 Å². The van der Waals surface area contributed by atoms with Crippen molar-refractivity contribution in [3.63, 3.8) is 0 Å². The third kappa shape index (κ3) is 4.87. The van der Waals surface area contributed by atoms with E-state index in [9.17, 15) is 4.79 Å². The first-order valence-corrected chi connectivity index (χ1v) is 11.5. The average molecular weight is 467 g/mol. The summed E-state index contributed by atoms with van der Waals surface area (Å²) in [4.78, 5) is 19.9. The molecule has 0 N–H and O–H groups in total. The van der Waals surface area contributed by atoms with Crippen LogP contribution in [0.4, 0.5) is 5.13 Å². The van der Waals surface area contributed by atoms with Gasteiger partial charge in [-0.25, -0.2) is 4.98 Å². The fraction of sp³-hybridized carbons (Fsp3) is 0.200. The number of halogens is 1. The Labute approximate surface area is 196 Å². The summed E-state index contributed by atoms with van der Waals surface area (Å²) < 4.78 is 11.8. The Balaban J connectivity index is 1.68. The second-order valence-corrected chi connectivity index (χ2v) is 8.53. The number of nitrogens with zero attached hydrogens (tertiary/aromatic N) is 2. The minimum Gasteiger partial charge on any atom is -0.494 e. The summed E-state index contributed by atoms with van der Waals surface area (Å²) in [6.45, 7) is 2.96. The van der Waals surface area contributed by atoms with E-state index in [-0.39, 0.29) is 12.3 Å². The largest absolute Gasteiger partial charge is 0.494 e. The summed E-state index contributed by atoms with van der Waals surface area (Å²) in [6, 6.07) is 21.1. The summed E-state index contributed by atoms with van der Waals surface area (Å²) in [6.07, 6.45) is 0.250. The van der Waals surface area contributed by atoms with Crippen molar-refractivity contribution in [3.05, 3.63) is 82.9 Å². The standard InChI is InChI=1S/C25H23ClN2O3S/c1-3-31-19-11-9-17(10-12-19)15-22(29)28(16-18-7-5-4-6-8-18)25-27-23-21(30-2)14-13-20(26)24(23)32-25/h4-14H,3,15-16H2,1-2H3. The molecule has 4 aromatic rings. The lowest BCUT2D eigenvalue weighted by molar-refractivity contribution is -0.118. The van der Waals surface area contributed by atoms with Crippen LogP contribution >= 0.6 is 22.9 Å². The number of thiazole rings is 1. The van der Waals surface area contributed by atoms with Gasteiger partial charge in [-0.3, -0.25) is 9.69 Å². The van der Waals surface area contributed by atoms with E-state index in [1.165, 1.54) is 11.3 Å². The van der Waals surface area contributed by atoms with Crippen molar-refractivity contribution in [3.8, 4) is 11.5 Å². The van der Waals surface area contributed by atoms with Crippen LogP contribution in [0.15, 0.2) is 66.7 Å². The normalized spacial score (nSPS) is 10.8. The topological polar surface area (TPSA) is 51.7 Å². The minimum atomic E-state index is -0.0489. The number of hydrogen-bond acceptors (Lipinski definition) is 5. The Kier molecular flexibility index (Phi) is 6.93. The van der Waals surface area contributed by atoms with Crippen molar-refractivity contribution >= 4 is 44.2 Å². The molecule has 0 aliphatic rings. The number of methoxy groups -OCH3 is 1. The number of carbonyl (C=O) groups excluding carboxylic acids is 1. The summed E-state index contributed by atoms with van der Waals surface area (Å²) in [7, 11) is 1.60. The molecular formula is C25H23ClN2O3S. The van der Waals surface area contributed by atoms with Gasteiger partial charge in [-0.1, -0.05) is 65.4 Å². The second kappa shape index (κ2) is 10.0. The number of carbonyl (C=O) groups is 1. The smallest absolute Gasteiger partial charge is 0.233 e. The molecule has 7 heteroatoms. The molecule has 3 aromatic carbocycles.